The lowest BCUT2D eigenvalue weighted by atomic mass is 10.2. The van der Waals surface area contributed by atoms with Gasteiger partial charge in [-0.05, 0) is 13.3 Å². The minimum Gasteiger partial charge on any atom is -0.369 e. The minimum atomic E-state index is 0.711. The third kappa shape index (κ3) is 2.85. The quantitative estimate of drug-likeness (QED) is 0.846. The van der Waals surface area contributed by atoms with Gasteiger partial charge in [-0.1, -0.05) is 6.92 Å². The van der Waals surface area contributed by atoms with Gasteiger partial charge in [0.2, 0.25) is 0 Å². The van der Waals surface area contributed by atoms with Crippen LogP contribution < -0.4 is 5.32 Å². The number of nitrogens with one attached hydrogen (secondary N) is 1. The number of anilines is 1. The minimum absolute atomic E-state index is 0.711. The summed E-state index contributed by atoms with van der Waals surface area (Å²) in [6, 6.07) is 0. The summed E-state index contributed by atoms with van der Waals surface area (Å²) in [5.41, 5.74) is 0.947. The Hall–Kier alpha value is -1.91. The molecule has 5 heteroatoms. The number of hydrogen-bond acceptors (Lipinski definition) is 4. The Balaban J connectivity index is 2.20. The molecule has 0 saturated carbocycles. The maximum absolute atomic E-state index is 4.40. The zero-order valence-corrected chi connectivity index (χ0v) is 10.9. The Kier molecular flexibility index (Phi) is 4.28. The number of hydrogen-bond donors (Lipinski definition) is 1. The van der Waals surface area contributed by atoms with E-state index in [2.05, 4.69) is 38.7 Å². The molecule has 0 spiro atoms. The van der Waals surface area contributed by atoms with Crippen LogP contribution in [0.2, 0.25) is 0 Å². The summed E-state index contributed by atoms with van der Waals surface area (Å²) in [6.07, 6.45) is 9.10. The van der Waals surface area contributed by atoms with Gasteiger partial charge in [0.1, 0.15) is 11.6 Å². The van der Waals surface area contributed by atoms with E-state index in [-0.39, 0.29) is 0 Å². The van der Waals surface area contributed by atoms with E-state index in [0.29, 0.717) is 6.42 Å². The van der Waals surface area contributed by atoms with Gasteiger partial charge >= 0.3 is 0 Å². The van der Waals surface area contributed by atoms with E-state index in [9.17, 15) is 0 Å². The maximum Gasteiger partial charge on any atom is 0.148 e. The average molecular weight is 245 g/mol. The van der Waals surface area contributed by atoms with Crippen LogP contribution in [0.5, 0.6) is 0 Å². The van der Waals surface area contributed by atoms with Crippen molar-refractivity contribution in [3.8, 4) is 0 Å². The van der Waals surface area contributed by atoms with E-state index in [4.69, 9.17) is 0 Å². The monoisotopic (exact) mass is 245 g/mol. The molecule has 0 aliphatic rings. The molecule has 2 heterocycles. The number of nitrogens with zero attached hydrogens (tertiary/aromatic N) is 4. The zero-order chi connectivity index (χ0) is 12.8. The summed E-state index contributed by atoms with van der Waals surface area (Å²) in [5, 5.41) is 3.23. The van der Waals surface area contributed by atoms with E-state index < -0.39 is 0 Å². The Morgan fingerprint density at radius 1 is 1.11 bits per heavy atom. The predicted molar refractivity (Wildman–Crippen MR) is 71.5 cm³/mol. The highest BCUT2D eigenvalue weighted by Crippen LogP contribution is 2.13. The molecule has 0 aromatic carbocycles. The second-order valence-corrected chi connectivity index (χ2v) is 4.10. The Bertz CT molecular complexity index is 492. The highest BCUT2D eigenvalue weighted by molar-refractivity contribution is 5.40. The molecule has 1 N–H and O–H groups in total. The van der Waals surface area contributed by atoms with Crippen molar-refractivity contribution >= 4 is 5.82 Å². The van der Waals surface area contributed by atoms with Gasteiger partial charge in [-0.3, -0.25) is 4.98 Å². The molecule has 18 heavy (non-hydrogen) atoms. The first-order valence-electron chi connectivity index (χ1n) is 6.38. The second kappa shape index (κ2) is 6.14. The normalized spacial score (nSPS) is 10.6. The van der Waals surface area contributed by atoms with Crippen molar-refractivity contribution in [2.75, 3.05) is 11.9 Å². The lowest BCUT2D eigenvalue weighted by Gasteiger charge is -2.09. The summed E-state index contributed by atoms with van der Waals surface area (Å²) in [4.78, 5) is 13.1. The second-order valence-electron chi connectivity index (χ2n) is 4.10. The third-order valence-corrected chi connectivity index (χ3v) is 2.71. The maximum atomic E-state index is 4.40. The topological polar surface area (TPSA) is 55.6 Å². The summed E-state index contributed by atoms with van der Waals surface area (Å²) < 4.78 is 2.17. The van der Waals surface area contributed by atoms with Crippen LogP contribution in [0.4, 0.5) is 5.82 Å². The van der Waals surface area contributed by atoms with E-state index >= 15 is 0 Å². The molecule has 0 saturated heterocycles. The van der Waals surface area contributed by atoms with Gasteiger partial charge in [0, 0.05) is 37.9 Å². The van der Waals surface area contributed by atoms with Gasteiger partial charge in [0.25, 0.3) is 0 Å². The molecule has 2 aromatic rings. The summed E-state index contributed by atoms with van der Waals surface area (Å²) in [7, 11) is 0. The predicted octanol–water partition coefficient (Wildman–Crippen LogP) is 2.11. The molecule has 2 aromatic heterocycles. The van der Waals surface area contributed by atoms with Crippen LogP contribution in [0.15, 0.2) is 24.8 Å². The van der Waals surface area contributed by atoms with Gasteiger partial charge in [-0.15, -0.1) is 0 Å². The number of imidazole rings is 1. The standard InChI is InChI=1S/C13H19N5/c1-3-8-18-9-7-16-12(18)10-11-13(14-4-2)17-6-5-15-11/h5-7,9H,3-4,8,10H2,1-2H3,(H,14,17). The fourth-order valence-corrected chi connectivity index (χ4v) is 1.91. The van der Waals surface area contributed by atoms with E-state index in [1.165, 1.54) is 0 Å². The summed E-state index contributed by atoms with van der Waals surface area (Å²) in [6.45, 7) is 6.05. The lowest BCUT2D eigenvalue weighted by molar-refractivity contribution is 0.644. The van der Waals surface area contributed by atoms with Crippen molar-refractivity contribution in [2.24, 2.45) is 0 Å². The van der Waals surface area contributed by atoms with Crippen LogP contribution >= 0.6 is 0 Å². The highest BCUT2D eigenvalue weighted by Gasteiger charge is 2.09. The molecule has 0 unspecified atom stereocenters. The Labute approximate surface area is 107 Å². The third-order valence-electron chi connectivity index (χ3n) is 2.71. The van der Waals surface area contributed by atoms with Crippen molar-refractivity contribution in [3.63, 3.8) is 0 Å². The molecule has 0 fully saturated rings. The van der Waals surface area contributed by atoms with Crippen LogP contribution in [-0.4, -0.2) is 26.1 Å². The first-order chi connectivity index (χ1) is 8.85. The molecule has 5 nitrogen and oxygen atoms in total. The highest BCUT2D eigenvalue weighted by atomic mass is 15.1. The number of aromatic nitrogens is 4. The van der Waals surface area contributed by atoms with E-state index in [0.717, 1.165) is 36.8 Å². The van der Waals surface area contributed by atoms with Gasteiger partial charge in [-0.25, -0.2) is 9.97 Å². The van der Waals surface area contributed by atoms with Gasteiger partial charge in [0.15, 0.2) is 0 Å². The smallest absolute Gasteiger partial charge is 0.148 e. The van der Waals surface area contributed by atoms with Crippen molar-refractivity contribution in [2.45, 2.75) is 33.2 Å². The van der Waals surface area contributed by atoms with Crippen LogP contribution in [0.3, 0.4) is 0 Å². The average Bonchev–Trinajstić information content (AvgIpc) is 2.80. The molecule has 0 aliphatic carbocycles. The molecule has 0 amide bonds. The van der Waals surface area contributed by atoms with Gasteiger partial charge in [-0.2, -0.15) is 0 Å². The zero-order valence-electron chi connectivity index (χ0n) is 10.9. The molecule has 0 radical (unpaired) electrons. The van der Waals surface area contributed by atoms with Crippen molar-refractivity contribution in [1.29, 1.82) is 0 Å². The molecular formula is C13H19N5. The fourth-order valence-electron chi connectivity index (χ4n) is 1.91. The van der Waals surface area contributed by atoms with Crippen LogP contribution in [0.1, 0.15) is 31.8 Å². The van der Waals surface area contributed by atoms with Crippen molar-refractivity contribution < 1.29 is 0 Å². The number of aryl methyl sites for hydroxylation is 1. The molecule has 0 aliphatic heterocycles. The lowest BCUT2D eigenvalue weighted by Crippen LogP contribution is -2.09. The van der Waals surface area contributed by atoms with Crippen molar-refractivity contribution in [3.05, 3.63) is 36.3 Å². The SMILES string of the molecule is CCCn1ccnc1Cc1nccnc1NCC. The Morgan fingerprint density at radius 2 is 1.94 bits per heavy atom. The Morgan fingerprint density at radius 3 is 2.72 bits per heavy atom. The summed E-state index contributed by atoms with van der Waals surface area (Å²) >= 11 is 0. The van der Waals surface area contributed by atoms with E-state index in [1.54, 1.807) is 12.4 Å². The molecule has 96 valence electrons. The van der Waals surface area contributed by atoms with Crippen LogP contribution in [0, 0.1) is 0 Å². The molecular weight excluding hydrogens is 226 g/mol. The van der Waals surface area contributed by atoms with Gasteiger partial charge in [0.05, 0.1) is 12.1 Å². The summed E-state index contributed by atoms with van der Waals surface area (Å²) in [5.74, 6) is 1.89. The molecule has 0 bridgehead atoms. The van der Waals surface area contributed by atoms with Crippen LogP contribution in [-0.2, 0) is 13.0 Å². The fraction of sp³-hybridized carbons (Fsp3) is 0.462. The van der Waals surface area contributed by atoms with Gasteiger partial charge < -0.3 is 9.88 Å². The van der Waals surface area contributed by atoms with Crippen molar-refractivity contribution in [1.82, 2.24) is 19.5 Å². The van der Waals surface area contributed by atoms with Crippen LogP contribution in [0.25, 0.3) is 0 Å². The largest absolute Gasteiger partial charge is 0.369 e. The molecule has 2 rings (SSSR count). The first kappa shape index (κ1) is 12.5. The first-order valence-corrected chi connectivity index (χ1v) is 6.38. The molecule has 0 atom stereocenters. The number of rotatable bonds is 6. The van der Waals surface area contributed by atoms with E-state index in [1.807, 2.05) is 12.4 Å².